The Morgan fingerprint density at radius 2 is 1.62 bits per heavy atom. The van der Waals surface area contributed by atoms with Crippen molar-refractivity contribution in [2.45, 2.75) is 16.1 Å². The molecule has 0 spiro atoms. The van der Waals surface area contributed by atoms with Crippen molar-refractivity contribution in [2.24, 2.45) is 23.7 Å². The second-order valence-electron chi connectivity index (χ2n) is 8.26. The van der Waals surface area contributed by atoms with Crippen molar-refractivity contribution in [3.63, 3.8) is 0 Å². The molecule has 1 aromatic carbocycles. The molecule has 3 amide bonds. The normalized spacial score (nSPS) is 30.7. The first kappa shape index (κ1) is 22.3. The summed E-state index contributed by atoms with van der Waals surface area (Å²) >= 11 is 14.5. The third-order valence-corrected chi connectivity index (χ3v) is 11.0. The summed E-state index contributed by atoms with van der Waals surface area (Å²) in [5.74, 6) is -2.68. The van der Waals surface area contributed by atoms with E-state index >= 15 is 0 Å². The van der Waals surface area contributed by atoms with E-state index in [4.69, 9.17) is 11.6 Å². The lowest BCUT2D eigenvalue weighted by molar-refractivity contribution is -0.154. The fraction of sp³-hybridized carbons (Fsp3) is 0.364. The van der Waals surface area contributed by atoms with E-state index in [1.165, 1.54) is 23.5 Å². The maximum atomic E-state index is 13.5. The quantitative estimate of drug-likeness (QED) is 0.290. The Morgan fingerprint density at radius 1 is 1.03 bits per heavy atom. The van der Waals surface area contributed by atoms with E-state index in [-0.39, 0.29) is 32.8 Å². The van der Waals surface area contributed by atoms with Crippen LogP contribution in [-0.4, -0.2) is 49.7 Å². The van der Waals surface area contributed by atoms with Crippen molar-refractivity contribution in [1.82, 2.24) is 10.0 Å². The lowest BCUT2D eigenvalue weighted by atomic mass is 9.81. The molecule has 6 atom stereocenters. The van der Waals surface area contributed by atoms with E-state index in [2.05, 4.69) is 31.9 Å². The molecule has 5 rings (SSSR count). The van der Waals surface area contributed by atoms with Gasteiger partial charge in [0.05, 0.1) is 16.7 Å². The van der Waals surface area contributed by atoms with Gasteiger partial charge in [0.15, 0.2) is 5.78 Å². The summed E-state index contributed by atoms with van der Waals surface area (Å²) in [6, 6.07) is 9.55. The van der Waals surface area contributed by atoms with Gasteiger partial charge >= 0.3 is 0 Å². The van der Waals surface area contributed by atoms with Gasteiger partial charge in [-0.05, 0) is 54.0 Å². The predicted octanol–water partition coefficient (Wildman–Crippen LogP) is 4.42. The molecule has 0 unspecified atom stereocenters. The largest absolute Gasteiger partial charge is 0.291 e. The van der Waals surface area contributed by atoms with Gasteiger partial charge in [-0.1, -0.05) is 49.5 Å². The molecule has 1 aliphatic heterocycles. The number of nitrogens with zero attached hydrogens (tertiary/aromatic N) is 2. The highest BCUT2D eigenvalue weighted by Crippen LogP contribution is 2.60. The van der Waals surface area contributed by atoms with Gasteiger partial charge in [0, 0.05) is 20.2 Å². The van der Waals surface area contributed by atoms with Gasteiger partial charge in [-0.15, -0.1) is 11.3 Å². The van der Waals surface area contributed by atoms with E-state index in [0.717, 1.165) is 16.4 Å². The van der Waals surface area contributed by atoms with Crippen LogP contribution >= 0.6 is 54.8 Å². The van der Waals surface area contributed by atoms with Gasteiger partial charge in [0.2, 0.25) is 0 Å². The Balaban J connectivity index is 1.51. The number of hydrogen-bond donors (Lipinski definition) is 0. The predicted molar refractivity (Wildman–Crippen MR) is 127 cm³/mol. The highest BCUT2D eigenvalue weighted by molar-refractivity contribution is 9.12. The van der Waals surface area contributed by atoms with Crippen molar-refractivity contribution >= 4 is 78.3 Å². The van der Waals surface area contributed by atoms with Crippen LogP contribution in [0.25, 0.3) is 0 Å². The fourth-order valence-corrected chi connectivity index (χ4v) is 7.85. The van der Waals surface area contributed by atoms with Crippen LogP contribution in [0.1, 0.15) is 26.5 Å². The molecule has 2 aromatic rings. The first-order chi connectivity index (χ1) is 15.3. The standard InChI is InChI=1S/C22H17Br2ClN2O4S/c23-18-12-8-13(19(18)24)17-16(12)21(30)27(22(17)31)26(9-14(28)15-2-1-7-32-15)20(29)10-3-5-11(25)6-4-10/h1-7,12-13,16-19H,8-9H2/t12-,13-,16-,17-,18-,19+/m1/s1. The first-order valence-electron chi connectivity index (χ1n) is 10.1. The number of thiophene rings is 1. The van der Waals surface area contributed by atoms with Gasteiger partial charge in [0.25, 0.3) is 17.7 Å². The Bertz CT molecular complexity index is 1080. The van der Waals surface area contributed by atoms with E-state index < -0.39 is 36.1 Å². The molecular weight excluding hydrogens is 584 g/mol. The van der Waals surface area contributed by atoms with Crippen LogP contribution in [0, 0.1) is 23.7 Å². The molecule has 10 heteroatoms. The van der Waals surface area contributed by atoms with E-state index in [0.29, 0.717) is 9.90 Å². The van der Waals surface area contributed by atoms with E-state index in [1.807, 2.05) is 0 Å². The molecule has 3 aliphatic rings. The van der Waals surface area contributed by atoms with Crippen LogP contribution in [-0.2, 0) is 9.59 Å². The van der Waals surface area contributed by atoms with Gasteiger partial charge in [-0.25, -0.2) is 5.01 Å². The molecular formula is C22H17Br2ClN2O4S. The summed E-state index contributed by atoms with van der Waals surface area (Å²) < 4.78 is 0. The molecule has 0 N–H and O–H groups in total. The zero-order chi connectivity index (χ0) is 22.7. The maximum absolute atomic E-state index is 13.5. The summed E-state index contributed by atoms with van der Waals surface area (Å²) in [7, 11) is 0. The zero-order valence-electron chi connectivity index (χ0n) is 16.5. The SMILES string of the molecule is O=C(CN(C(=O)c1ccc(Cl)cc1)N1C(=O)[C@@H]2[C@H]3C[C@@H]([C@@H](Br)[C@H]3Br)[C@H]2C1=O)c1cccs1. The minimum atomic E-state index is -0.591. The second-order valence-corrected chi connectivity index (χ2v) is 11.8. The lowest BCUT2D eigenvalue weighted by Gasteiger charge is -2.30. The number of ketones is 1. The van der Waals surface area contributed by atoms with E-state index in [9.17, 15) is 19.2 Å². The van der Waals surface area contributed by atoms with Crippen LogP contribution in [0.3, 0.4) is 0 Å². The molecule has 2 bridgehead atoms. The topological polar surface area (TPSA) is 74.8 Å². The summed E-state index contributed by atoms with van der Waals surface area (Å²) in [6.45, 7) is -0.399. The van der Waals surface area contributed by atoms with Crippen molar-refractivity contribution in [1.29, 1.82) is 0 Å². The van der Waals surface area contributed by atoms with Crippen LogP contribution in [0.15, 0.2) is 41.8 Å². The fourth-order valence-electron chi connectivity index (χ4n) is 5.20. The van der Waals surface area contributed by atoms with Crippen molar-refractivity contribution < 1.29 is 19.2 Å². The van der Waals surface area contributed by atoms with Crippen molar-refractivity contribution in [3.05, 3.63) is 57.2 Å². The number of Topliss-reactive ketones (excluding diaryl/α,β-unsaturated/α-hetero) is 1. The number of hydrazine groups is 1. The minimum absolute atomic E-state index is 0.0105. The zero-order valence-corrected chi connectivity index (χ0v) is 21.2. The number of alkyl halides is 2. The molecule has 3 fully saturated rings. The number of fused-ring (bicyclic) bond motifs is 5. The number of benzene rings is 1. The molecule has 2 heterocycles. The Kier molecular flexibility index (Phi) is 5.80. The summed E-state index contributed by atoms with van der Waals surface area (Å²) in [5, 5.41) is 4.16. The monoisotopic (exact) mass is 598 g/mol. The lowest BCUT2D eigenvalue weighted by Crippen LogP contribution is -2.52. The Labute approximate surface area is 210 Å². The van der Waals surface area contributed by atoms with Gasteiger partial charge < -0.3 is 0 Å². The number of amides is 3. The average molecular weight is 601 g/mol. The third-order valence-electron chi connectivity index (χ3n) is 6.62. The number of carbonyl (C=O) groups excluding carboxylic acids is 4. The summed E-state index contributed by atoms with van der Waals surface area (Å²) in [6.07, 6.45) is 0.783. The van der Waals surface area contributed by atoms with Crippen LogP contribution in [0.2, 0.25) is 5.02 Å². The number of carbonyl (C=O) groups is 4. The second kappa shape index (κ2) is 8.34. The van der Waals surface area contributed by atoms with Crippen LogP contribution in [0.5, 0.6) is 0 Å². The number of rotatable bonds is 5. The summed E-state index contributed by atoms with van der Waals surface area (Å²) in [5.41, 5.74) is 0.241. The molecule has 1 aromatic heterocycles. The third kappa shape index (κ3) is 3.40. The Hall–Kier alpha value is -1.55. The molecule has 166 valence electrons. The summed E-state index contributed by atoms with van der Waals surface area (Å²) in [4.78, 5) is 53.9. The molecule has 0 radical (unpaired) electrons. The highest BCUT2D eigenvalue weighted by atomic mass is 79.9. The Morgan fingerprint density at radius 3 is 2.16 bits per heavy atom. The number of hydrogen-bond acceptors (Lipinski definition) is 5. The van der Waals surface area contributed by atoms with Gasteiger partial charge in [0.1, 0.15) is 6.54 Å². The van der Waals surface area contributed by atoms with E-state index in [1.54, 1.807) is 29.6 Å². The number of imide groups is 1. The molecule has 6 nitrogen and oxygen atoms in total. The van der Waals surface area contributed by atoms with Crippen molar-refractivity contribution in [3.8, 4) is 0 Å². The molecule has 2 saturated carbocycles. The molecule has 32 heavy (non-hydrogen) atoms. The average Bonchev–Trinajstić information content (AvgIpc) is 3.54. The minimum Gasteiger partial charge on any atom is -0.291 e. The first-order valence-corrected chi connectivity index (χ1v) is 13.2. The van der Waals surface area contributed by atoms with Gasteiger partial charge in [-0.3, -0.25) is 19.2 Å². The van der Waals surface area contributed by atoms with Crippen LogP contribution in [0.4, 0.5) is 0 Å². The van der Waals surface area contributed by atoms with Gasteiger partial charge in [-0.2, -0.15) is 5.01 Å². The highest BCUT2D eigenvalue weighted by Gasteiger charge is 2.67. The molecule has 1 saturated heterocycles. The number of halogens is 3. The van der Waals surface area contributed by atoms with Crippen LogP contribution < -0.4 is 0 Å². The smallest absolute Gasteiger partial charge is 0.273 e. The maximum Gasteiger partial charge on any atom is 0.273 e. The van der Waals surface area contributed by atoms with Crippen molar-refractivity contribution in [2.75, 3.05) is 6.54 Å². The molecule has 2 aliphatic carbocycles.